The van der Waals surface area contributed by atoms with Crippen LogP contribution in [0.1, 0.15) is 24.0 Å². The largest absolute Gasteiger partial charge is 0.496 e. The lowest BCUT2D eigenvalue weighted by Crippen LogP contribution is -2.25. The summed E-state index contributed by atoms with van der Waals surface area (Å²) in [5.41, 5.74) is 2.47. The number of ether oxygens (including phenoxy) is 2. The quantitative estimate of drug-likeness (QED) is 0.777. The molecule has 0 atom stereocenters. The van der Waals surface area contributed by atoms with Crippen LogP contribution in [-0.2, 0) is 6.42 Å². The summed E-state index contributed by atoms with van der Waals surface area (Å²) >= 11 is 0. The first-order valence-corrected chi connectivity index (χ1v) is 8.41. The summed E-state index contributed by atoms with van der Waals surface area (Å²) in [5, 5.41) is 0. The molecule has 23 heavy (non-hydrogen) atoms. The van der Waals surface area contributed by atoms with Crippen LogP contribution in [0.15, 0.2) is 48.5 Å². The average Bonchev–Trinajstić information content (AvgIpc) is 3.10. The number of rotatable bonds is 7. The lowest BCUT2D eigenvalue weighted by atomic mass is 10.0. The van der Waals surface area contributed by atoms with Crippen LogP contribution in [0.2, 0.25) is 0 Å². The SMILES string of the molecule is COc1ccccc1Cc1ccc(OCCN2CCCC2)cc1. The van der Waals surface area contributed by atoms with Crippen LogP contribution in [-0.4, -0.2) is 38.3 Å². The Labute approximate surface area is 138 Å². The minimum Gasteiger partial charge on any atom is -0.496 e. The zero-order valence-corrected chi connectivity index (χ0v) is 13.8. The van der Waals surface area contributed by atoms with Gasteiger partial charge >= 0.3 is 0 Å². The van der Waals surface area contributed by atoms with Crippen molar-refractivity contribution < 1.29 is 9.47 Å². The molecule has 122 valence electrons. The Bertz CT molecular complexity index is 603. The molecule has 0 N–H and O–H groups in total. The van der Waals surface area contributed by atoms with Gasteiger partial charge < -0.3 is 9.47 Å². The summed E-state index contributed by atoms with van der Waals surface area (Å²) in [6, 6.07) is 16.6. The van der Waals surface area contributed by atoms with E-state index in [2.05, 4.69) is 35.2 Å². The molecule has 1 aliphatic heterocycles. The number of hydrogen-bond donors (Lipinski definition) is 0. The number of para-hydroxylation sites is 1. The first kappa shape index (κ1) is 15.9. The normalized spacial score (nSPS) is 14.8. The summed E-state index contributed by atoms with van der Waals surface area (Å²) in [5.74, 6) is 1.89. The lowest BCUT2D eigenvalue weighted by Gasteiger charge is -2.15. The Balaban J connectivity index is 1.52. The molecular weight excluding hydrogens is 286 g/mol. The van der Waals surface area contributed by atoms with Gasteiger partial charge in [-0.15, -0.1) is 0 Å². The van der Waals surface area contributed by atoms with Crippen LogP contribution in [0, 0.1) is 0 Å². The number of benzene rings is 2. The average molecular weight is 311 g/mol. The van der Waals surface area contributed by atoms with Crippen LogP contribution < -0.4 is 9.47 Å². The molecule has 3 heteroatoms. The second-order valence-electron chi connectivity index (χ2n) is 6.03. The van der Waals surface area contributed by atoms with Gasteiger partial charge in [-0.2, -0.15) is 0 Å². The zero-order valence-electron chi connectivity index (χ0n) is 13.8. The van der Waals surface area contributed by atoms with Crippen LogP contribution in [0.4, 0.5) is 0 Å². The van der Waals surface area contributed by atoms with E-state index in [0.717, 1.165) is 31.1 Å². The van der Waals surface area contributed by atoms with Crippen molar-refractivity contribution in [1.82, 2.24) is 4.90 Å². The highest BCUT2D eigenvalue weighted by Crippen LogP contribution is 2.22. The second-order valence-corrected chi connectivity index (χ2v) is 6.03. The van der Waals surface area contributed by atoms with Crippen molar-refractivity contribution in [2.75, 3.05) is 33.4 Å². The van der Waals surface area contributed by atoms with Gasteiger partial charge in [-0.05, 0) is 55.3 Å². The van der Waals surface area contributed by atoms with E-state index in [9.17, 15) is 0 Å². The van der Waals surface area contributed by atoms with Gasteiger partial charge in [0, 0.05) is 13.0 Å². The monoisotopic (exact) mass is 311 g/mol. The summed E-state index contributed by atoms with van der Waals surface area (Å²) in [4.78, 5) is 2.47. The number of methoxy groups -OCH3 is 1. The minimum absolute atomic E-state index is 0.770. The fourth-order valence-electron chi connectivity index (χ4n) is 3.07. The van der Waals surface area contributed by atoms with Gasteiger partial charge in [0.15, 0.2) is 0 Å². The molecule has 0 amide bonds. The van der Waals surface area contributed by atoms with E-state index in [1.165, 1.54) is 37.1 Å². The smallest absolute Gasteiger partial charge is 0.122 e. The zero-order chi connectivity index (χ0) is 15.9. The molecule has 3 rings (SSSR count). The molecule has 1 saturated heterocycles. The van der Waals surface area contributed by atoms with E-state index < -0.39 is 0 Å². The third-order valence-corrected chi connectivity index (χ3v) is 4.39. The van der Waals surface area contributed by atoms with E-state index >= 15 is 0 Å². The van der Waals surface area contributed by atoms with E-state index in [1.807, 2.05) is 18.2 Å². The molecule has 3 nitrogen and oxygen atoms in total. The fourth-order valence-corrected chi connectivity index (χ4v) is 3.07. The van der Waals surface area contributed by atoms with Crippen LogP contribution in [0.5, 0.6) is 11.5 Å². The highest BCUT2D eigenvalue weighted by Gasteiger charge is 2.10. The maximum atomic E-state index is 5.85. The molecule has 2 aromatic rings. The van der Waals surface area contributed by atoms with Gasteiger partial charge in [-0.25, -0.2) is 0 Å². The van der Waals surface area contributed by atoms with Gasteiger partial charge in [0.2, 0.25) is 0 Å². The third kappa shape index (κ3) is 4.49. The first-order chi connectivity index (χ1) is 11.3. The van der Waals surface area contributed by atoms with Crippen molar-refractivity contribution >= 4 is 0 Å². The molecule has 2 aromatic carbocycles. The molecule has 0 saturated carbocycles. The Morgan fingerprint density at radius 2 is 1.70 bits per heavy atom. The van der Waals surface area contributed by atoms with Crippen LogP contribution in [0.25, 0.3) is 0 Å². The molecule has 0 aromatic heterocycles. The molecule has 0 spiro atoms. The molecule has 1 fully saturated rings. The molecule has 0 radical (unpaired) electrons. The van der Waals surface area contributed by atoms with E-state index in [4.69, 9.17) is 9.47 Å². The van der Waals surface area contributed by atoms with Crippen LogP contribution >= 0.6 is 0 Å². The van der Waals surface area contributed by atoms with Gasteiger partial charge in [0.25, 0.3) is 0 Å². The minimum atomic E-state index is 0.770. The molecular formula is C20H25NO2. The van der Waals surface area contributed by atoms with Crippen LogP contribution in [0.3, 0.4) is 0 Å². The number of hydrogen-bond acceptors (Lipinski definition) is 3. The Kier molecular flexibility index (Phi) is 5.54. The maximum absolute atomic E-state index is 5.85. The third-order valence-electron chi connectivity index (χ3n) is 4.39. The summed E-state index contributed by atoms with van der Waals surface area (Å²) in [7, 11) is 1.72. The second kappa shape index (κ2) is 8.02. The van der Waals surface area contributed by atoms with Crippen molar-refractivity contribution in [3.63, 3.8) is 0 Å². The van der Waals surface area contributed by atoms with Crippen molar-refractivity contribution in [2.45, 2.75) is 19.3 Å². The summed E-state index contributed by atoms with van der Waals surface area (Å²) in [6.45, 7) is 4.25. The standard InChI is InChI=1S/C20H25NO2/c1-22-20-7-3-2-6-18(20)16-17-8-10-19(11-9-17)23-15-14-21-12-4-5-13-21/h2-3,6-11H,4-5,12-16H2,1H3. The predicted molar refractivity (Wildman–Crippen MR) is 93.4 cm³/mol. The highest BCUT2D eigenvalue weighted by molar-refractivity contribution is 5.38. The first-order valence-electron chi connectivity index (χ1n) is 8.41. The van der Waals surface area contributed by atoms with Gasteiger partial charge in [-0.3, -0.25) is 4.90 Å². The van der Waals surface area contributed by atoms with E-state index in [0.29, 0.717) is 0 Å². The molecule has 0 unspecified atom stereocenters. The van der Waals surface area contributed by atoms with E-state index in [-0.39, 0.29) is 0 Å². The fraction of sp³-hybridized carbons (Fsp3) is 0.400. The summed E-state index contributed by atoms with van der Waals surface area (Å²) in [6.07, 6.45) is 3.54. The molecule has 1 aliphatic rings. The Morgan fingerprint density at radius 3 is 2.43 bits per heavy atom. The Morgan fingerprint density at radius 1 is 0.957 bits per heavy atom. The van der Waals surface area contributed by atoms with Crippen molar-refractivity contribution in [1.29, 1.82) is 0 Å². The van der Waals surface area contributed by atoms with Crippen molar-refractivity contribution in [3.05, 3.63) is 59.7 Å². The van der Waals surface area contributed by atoms with Gasteiger partial charge in [0.05, 0.1) is 7.11 Å². The number of nitrogens with zero attached hydrogens (tertiary/aromatic N) is 1. The van der Waals surface area contributed by atoms with E-state index in [1.54, 1.807) is 7.11 Å². The summed E-state index contributed by atoms with van der Waals surface area (Å²) < 4.78 is 11.3. The maximum Gasteiger partial charge on any atom is 0.122 e. The highest BCUT2D eigenvalue weighted by atomic mass is 16.5. The molecule has 0 aliphatic carbocycles. The van der Waals surface area contributed by atoms with Gasteiger partial charge in [0.1, 0.15) is 18.1 Å². The van der Waals surface area contributed by atoms with Gasteiger partial charge in [-0.1, -0.05) is 30.3 Å². The van der Waals surface area contributed by atoms with Crippen molar-refractivity contribution in [2.24, 2.45) is 0 Å². The predicted octanol–water partition coefficient (Wildman–Crippen LogP) is 3.76. The Hall–Kier alpha value is -2.00. The molecule has 1 heterocycles. The lowest BCUT2D eigenvalue weighted by molar-refractivity contribution is 0.238. The topological polar surface area (TPSA) is 21.7 Å². The van der Waals surface area contributed by atoms with Crippen molar-refractivity contribution in [3.8, 4) is 11.5 Å². The number of likely N-dealkylation sites (tertiary alicyclic amines) is 1. The molecule has 0 bridgehead atoms.